The number of rotatable bonds is 7. The van der Waals surface area contributed by atoms with Gasteiger partial charge in [-0.05, 0) is 83.5 Å². The zero-order valence-electron chi connectivity index (χ0n) is 22.0. The van der Waals surface area contributed by atoms with Crippen LogP contribution in [0.4, 0.5) is 18.9 Å². The van der Waals surface area contributed by atoms with Gasteiger partial charge in [-0.15, -0.1) is 0 Å². The van der Waals surface area contributed by atoms with E-state index in [1.54, 1.807) is 25.3 Å². The molecule has 0 radical (unpaired) electrons. The number of anilines is 1. The number of alkyl halides is 3. The predicted octanol–water partition coefficient (Wildman–Crippen LogP) is 8.44. The summed E-state index contributed by atoms with van der Waals surface area (Å²) in [5.74, 6) is -0.968. The van der Waals surface area contributed by atoms with Gasteiger partial charge in [0.25, 0.3) is 0 Å². The summed E-state index contributed by atoms with van der Waals surface area (Å²) in [6.45, 7) is 4.06. The summed E-state index contributed by atoms with van der Waals surface area (Å²) in [4.78, 5) is 15.8. The third-order valence-corrected chi connectivity index (χ3v) is 7.02. The van der Waals surface area contributed by atoms with Crippen molar-refractivity contribution >= 4 is 22.6 Å². The van der Waals surface area contributed by atoms with Crippen molar-refractivity contribution in [2.75, 3.05) is 5.32 Å². The Hall–Kier alpha value is -4.65. The van der Waals surface area contributed by atoms with Gasteiger partial charge in [0.15, 0.2) is 0 Å². The van der Waals surface area contributed by atoms with Gasteiger partial charge in [-0.2, -0.15) is 13.2 Å². The molecular weight excluding hydrogens is 513 g/mol. The van der Waals surface area contributed by atoms with Crippen LogP contribution in [0.15, 0.2) is 91.1 Å². The maximum Gasteiger partial charge on any atom is 0.418 e. The Morgan fingerprint density at radius 3 is 2.33 bits per heavy atom. The highest BCUT2D eigenvalue weighted by atomic mass is 19.4. The van der Waals surface area contributed by atoms with Crippen molar-refractivity contribution < 1.29 is 23.1 Å². The predicted molar refractivity (Wildman–Crippen MR) is 152 cm³/mol. The normalized spacial score (nSPS) is 11.5. The number of carboxylic acid groups (broad SMARTS) is 1. The van der Waals surface area contributed by atoms with Crippen molar-refractivity contribution in [3.8, 4) is 11.1 Å². The maximum atomic E-state index is 13.9. The number of para-hydroxylation sites is 1. The Bertz CT molecular complexity index is 1710. The average Bonchev–Trinajstić information content (AvgIpc) is 2.93. The Kier molecular flexibility index (Phi) is 7.30. The van der Waals surface area contributed by atoms with E-state index in [-0.39, 0.29) is 11.1 Å². The van der Waals surface area contributed by atoms with E-state index in [1.165, 1.54) is 6.07 Å². The van der Waals surface area contributed by atoms with Gasteiger partial charge in [0.2, 0.25) is 0 Å². The lowest BCUT2D eigenvalue weighted by Crippen LogP contribution is -2.08. The monoisotopic (exact) mass is 540 g/mol. The first-order valence-electron chi connectivity index (χ1n) is 12.8. The molecule has 4 nitrogen and oxygen atoms in total. The molecule has 1 heterocycles. The van der Waals surface area contributed by atoms with E-state index in [2.05, 4.69) is 10.3 Å². The third kappa shape index (κ3) is 5.54. The molecule has 0 spiro atoms. The minimum Gasteiger partial charge on any atom is -0.478 e. The van der Waals surface area contributed by atoms with Gasteiger partial charge in [0.05, 0.1) is 16.6 Å². The minimum atomic E-state index is -4.53. The van der Waals surface area contributed by atoms with E-state index < -0.39 is 17.7 Å². The highest BCUT2D eigenvalue weighted by Crippen LogP contribution is 2.39. The number of hydrogen-bond acceptors (Lipinski definition) is 3. The molecule has 0 aliphatic rings. The Morgan fingerprint density at radius 2 is 1.60 bits per heavy atom. The highest BCUT2D eigenvalue weighted by Gasteiger charge is 2.33. The number of halogens is 3. The van der Waals surface area contributed by atoms with Gasteiger partial charge in [0.1, 0.15) is 0 Å². The van der Waals surface area contributed by atoms with Crippen molar-refractivity contribution in [2.45, 2.75) is 33.0 Å². The van der Waals surface area contributed by atoms with Crippen molar-refractivity contribution in [2.24, 2.45) is 0 Å². The number of pyridine rings is 1. The van der Waals surface area contributed by atoms with E-state index in [1.807, 2.05) is 67.6 Å². The molecule has 4 aromatic carbocycles. The molecular formula is C33H27F3N2O2. The molecule has 0 fully saturated rings. The van der Waals surface area contributed by atoms with Crippen molar-refractivity contribution in [3.05, 3.63) is 130 Å². The number of aromatic carboxylic acids is 1. The molecule has 0 aliphatic heterocycles. The van der Waals surface area contributed by atoms with Crippen LogP contribution in [-0.4, -0.2) is 16.1 Å². The van der Waals surface area contributed by atoms with Gasteiger partial charge in [0, 0.05) is 23.8 Å². The number of aryl methyl sites for hydroxylation is 2. The summed E-state index contributed by atoms with van der Waals surface area (Å²) in [5, 5.41) is 13.2. The lowest BCUT2D eigenvalue weighted by molar-refractivity contribution is -0.136. The topological polar surface area (TPSA) is 62.2 Å². The SMILES string of the molecule is Cc1cc(C(=O)O)c(C)cc1NCc1cccc(-c2c(Cc3ccccc3)cnc3c(C(F)(F)F)cccc23)c1. The largest absolute Gasteiger partial charge is 0.478 e. The van der Waals surface area contributed by atoms with Crippen LogP contribution in [-0.2, 0) is 19.1 Å². The molecule has 0 unspecified atom stereocenters. The van der Waals surface area contributed by atoms with Gasteiger partial charge in [-0.25, -0.2) is 4.79 Å². The van der Waals surface area contributed by atoms with Crippen LogP contribution in [0.3, 0.4) is 0 Å². The summed E-state index contributed by atoms with van der Waals surface area (Å²) in [6, 6.07) is 25.1. The first kappa shape index (κ1) is 26.9. The molecule has 0 aliphatic carbocycles. The lowest BCUT2D eigenvalue weighted by Gasteiger charge is -2.17. The Balaban J connectivity index is 1.57. The number of nitrogens with one attached hydrogen (secondary N) is 1. The summed E-state index contributed by atoms with van der Waals surface area (Å²) in [5.41, 5.74) is 6.03. The number of benzene rings is 4. The summed E-state index contributed by atoms with van der Waals surface area (Å²) < 4.78 is 41.6. The number of fused-ring (bicyclic) bond motifs is 1. The van der Waals surface area contributed by atoms with Crippen LogP contribution in [0.1, 0.15) is 43.7 Å². The molecule has 1 aromatic heterocycles. The van der Waals surface area contributed by atoms with Gasteiger partial charge >= 0.3 is 12.1 Å². The number of nitrogens with zero attached hydrogens (tertiary/aromatic N) is 1. The van der Waals surface area contributed by atoms with E-state index >= 15 is 0 Å². The van der Waals surface area contributed by atoms with Gasteiger partial charge in [-0.3, -0.25) is 4.98 Å². The zero-order valence-corrected chi connectivity index (χ0v) is 22.0. The quantitative estimate of drug-likeness (QED) is 0.217. The number of hydrogen-bond donors (Lipinski definition) is 2. The van der Waals surface area contributed by atoms with E-state index in [0.29, 0.717) is 23.9 Å². The van der Waals surface area contributed by atoms with Crippen molar-refractivity contribution in [1.82, 2.24) is 4.98 Å². The average molecular weight is 541 g/mol. The molecule has 5 aromatic rings. The molecule has 7 heteroatoms. The zero-order chi connectivity index (χ0) is 28.4. The van der Waals surface area contributed by atoms with Crippen molar-refractivity contribution in [1.29, 1.82) is 0 Å². The molecule has 0 saturated carbocycles. The molecule has 0 bridgehead atoms. The van der Waals surface area contributed by atoms with Crippen LogP contribution < -0.4 is 5.32 Å². The molecule has 2 N–H and O–H groups in total. The third-order valence-electron chi connectivity index (χ3n) is 7.02. The van der Waals surface area contributed by atoms with Crippen LogP contribution in [0.25, 0.3) is 22.0 Å². The first-order valence-corrected chi connectivity index (χ1v) is 12.8. The highest BCUT2D eigenvalue weighted by molar-refractivity contribution is 5.98. The van der Waals surface area contributed by atoms with E-state index in [4.69, 9.17) is 0 Å². The van der Waals surface area contributed by atoms with Gasteiger partial charge < -0.3 is 10.4 Å². The van der Waals surface area contributed by atoms with Crippen molar-refractivity contribution in [3.63, 3.8) is 0 Å². The Morgan fingerprint density at radius 1 is 0.875 bits per heavy atom. The van der Waals surface area contributed by atoms with E-state index in [9.17, 15) is 23.1 Å². The minimum absolute atomic E-state index is 0.0741. The molecule has 202 valence electrons. The van der Waals surface area contributed by atoms with Crippen LogP contribution >= 0.6 is 0 Å². The van der Waals surface area contributed by atoms with Crippen LogP contribution in [0.5, 0.6) is 0 Å². The molecule has 5 rings (SSSR count). The maximum absolute atomic E-state index is 13.9. The lowest BCUT2D eigenvalue weighted by atomic mass is 9.91. The van der Waals surface area contributed by atoms with Crippen LogP contribution in [0.2, 0.25) is 0 Å². The summed E-state index contributed by atoms with van der Waals surface area (Å²) >= 11 is 0. The summed E-state index contributed by atoms with van der Waals surface area (Å²) in [6.07, 6.45) is -2.45. The van der Waals surface area contributed by atoms with Gasteiger partial charge in [-0.1, -0.05) is 60.7 Å². The number of carboxylic acids is 1. The number of aromatic nitrogens is 1. The fourth-order valence-corrected chi connectivity index (χ4v) is 5.05. The second kappa shape index (κ2) is 10.8. The fourth-order valence-electron chi connectivity index (χ4n) is 5.05. The standard InChI is InChI=1S/C33H27F3N2O2/c1-20-15-29(21(2)14-27(20)32(39)40)37-18-23-10-6-11-24(17-23)30-25(16-22-8-4-3-5-9-22)19-38-31-26(30)12-7-13-28(31)33(34,35)36/h3-15,17,19,37H,16,18H2,1-2H3,(H,39,40). The molecule has 0 saturated heterocycles. The second-order valence-corrected chi connectivity index (χ2v) is 9.86. The van der Waals surface area contributed by atoms with Crippen LogP contribution in [0, 0.1) is 13.8 Å². The molecule has 40 heavy (non-hydrogen) atoms. The van der Waals surface area contributed by atoms with E-state index in [0.717, 1.165) is 45.1 Å². The first-order chi connectivity index (χ1) is 19.1. The smallest absolute Gasteiger partial charge is 0.418 e. The fraction of sp³-hybridized carbons (Fsp3) is 0.152. The second-order valence-electron chi connectivity index (χ2n) is 9.86. The number of carbonyl (C=O) groups is 1. The summed E-state index contributed by atoms with van der Waals surface area (Å²) in [7, 11) is 0. The Labute approximate surface area is 230 Å². The molecule has 0 amide bonds. The molecule has 0 atom stereocenters.